The highest BCUT2D eigenvalue weighted by Gasteiger charge is 2.48. The van der Waals surface area contributed by atoms with Crippen molar-refractivity contribution in [3.05, 3.63) is 11.1 Å². The van der Waals surface area contributed by atoms with Gasteiger partial charge < -0.3 is 29.5 Å². The maximum atomic E-state index is 11.5. The molecule has 0 bridgehead atoms. The van der Waals surface area contributed by atoms with Crippen molar-refractivity contribution in [2.45, 2.75) is 96.4 Å². The summed E-state index contributed by atoms with van der Waals surface area (Å²) in [4.78, 5) is 11.5. The summed E-state index contributed by atoms with van der Waals surface area (Å²) < 4.78 is 17.1. The van der Waals surface area contributed by atoms with Gasteiger partial charge in [0, 0.05) is 6.92 Å². The number of carbonyl (C=O) groups is 1. The Kier molecular flexibility index (Phi) is 6.75. The second-order valence-corrected chi connectivity index (χ2v) is 9.65. The first-order valence-electron chi connectivity index (χ1n) is 10.7. The molecular weight excluding hydrogens is 376 g/mol. The zero-order valence-electron chi connectivity index (χ0n) is 18.0. The molecule has 2 fully saturated rings. The van der Waals surface area contributed by atoms with Crippen LogP contribution in [0.4, 0.5) is 0 Å². The monoisotopic (exact) mass is 412 g/mol. The molecule has 3 rings (SSSR count). The fourth-order valence-electron chi connectivity index (χ4n) is 5.28. The minimum Gasteiger partial charge on any atom is -0.454 e. The Bertz CT molecular complexity index is 643. The zero-order chi connectivity index (χ0) is 21.4. The molecule has 166 valence electrons. The molecule has 7 nitrogen and oxygen atoms in total. The van der Waals surface area contributed by atoms with Crippen LogP contribution >= 0.6 is 0 Å². The number of fused-ring (bicyclic) bond motifs is 1. The fourth-order valence-corrected chi connectivity index (χ4v) is 5.28. The number of aliphatic hydroxyl groups is 3. The Morgan fingerprint density at radius 1 is 1.31 bits per heavy atom. The van der Waals surface area contributed by atoms with Gasteiger partial charge in [-0.2, -0.15) is 0 Å². The van der Waals surface area contributed by atoms with Crippen molar-refractivity contribution in [1.82, 2.24) is 0 Å². The van der Waals surface area contributed by atoms with Crippen molar-refractivity contribution in [2.75, 3.05) is 13.2 Å². The van der Waals surface area contributed by atoms with E-state index < -0.39 is 36.2 Å². The highest BCUT2D eigenvalue weighted by atomic mass is 16.7. The second kappa shape index (κ2) is 8.63. The summed E-state index contributed by atoms with van der Waals surface area (Å²) in [7, 11) is 0. The van der Waals surface area contributed by atoms with E-state index in [0.29, 0.717) is 0 Å². The third-order valence-electron chi connectivity index (χ3n) is 7.18. The highest BCUT2D eigenvalue weighted by molar-refractivity contribution is 5.66. The van der Waals surface area contributed by atoms with Crippen molar-refractivity contribution < 1.29 is 34.3 Å². The van der Waals surface area contributed by atoms with Crippen molar-refractivity contribution in [1.29, 1.82) is 0 Å². The highest BCUT2D eigenvalue weighted by Crippen LogP contribution is 2.53. The Labute approximate surface area is 173 Å². The van der Waals surface area contributed by atoms with Crippen LogP contribution in [0.1, 0.15) is 66.2 Å². The molecule has 0 radical (unpaired) electrons. The summed E-state index contributed by atoms with van der Waals surface area (Å²) in [5, 5.41) is 30.0. The summed E-state index contributed by atoms with van der Waals surface area (Å²) >= 11 is 0. The number of hydrogen-bond acceptors (Lipinski definition) is 7. The smallest absolute Gasteiger partial charge is 0.303 e. The van der Waals surface area contributed by atoms with E-state index in [1.165, 1.54) is 18.1 Å². The molecule has 0 aromatic heterocycles. The lowest BCUT2D eigenvalue weighted by molar-refractivity contribution is -0.307. The summed E-state index contributed by atoms with van der Waals surface area (Å²) in [6.07, 6.45) is 1.72. The lowest BCUT2D eigenvalue weighted by atomic mass is 9.59. The predicted molar refractivity (Wildman–Crippen MR) is 106 cm³/mol. The zero-order valence-corrected chi connectivity index (χ0v) is 18.0. The van der Waals surface area contributed by atoms with Gasteiger partial charge in [0.05, 0.1) is 18.8 Å². The molecule has 0 amide bonds. The number of allylic oxidation sites excluding steroid dienone is 1. The van der Waals surface area contributed by atoms with Gasteiger partial charge in [-0.15, -0.1) is 0 Å². The van der Waals surface area contributed by atoms with Crippen molar-refractivity contribution in [3.8, 4) is 0 Å². The van der Waals surface area contributed by atoms with E-state index in [1.807, 2.05) is 13.8 Å². The van der Waals surface area contributed by atoms with Gasteiger partial charge in [0.25, 0.3) is 0 Å². The molecular formula is C22H36O7. The molecule has 2 aliphatic carbocycles. The second-order valence-electron chi connectivity index (χ2n) is 9.65. The number of ether oxygens (including phenoxy) is 3. The minimum absolute atomic E-state index is 0.0811. The first-order chi connectivity index (χ1) is 13.6. The van der Waals surface area contributed by atoms with Crippen LogP contribution in [0.25, 0.3) is 0 Å². The largest absolute Gasteiger partial charge is 0.454 e. The van der Waals surface area contributed by atoms with Gasteiger partial charge >= 0.3 is 5.97 Å². The first kappa shape index (κ1) is 22.7. The summed E-state index contributed by atoms with van der Waals surface area (Å²) in [5.74, 6) is -0.359. The first-order valence-corrected chi connectivity index (χ1v) is 10.7. The molecule has 0 aromatic carbocycles. The molecule has 0 spiro atoms. The SMILES string of the molecule is CC(=O)OC1C(OC(C)(C)C2CCC3(C)CCCC(CO)=C3C2)OCC(O)C1O. The van der Waals surface area contributed by atoms with Gasteiger partial charge in [-0.3, -0.25) is 4.79 Å². The summed E-state index contributed by atoms with van der Waals surface area (Å²) in [5.41, 5.74) is 2.10. The summed E-state index contributed by atoms with van der Waals surface area (Å²) in [6.45, 7) is 7.58. The van der Waals surface area contributed by atoms with Crippen LogP contribution in [0, 0.1) is 11.3 Å². The van der Waals surface area contributed by atoms with E-state index >= 15 is 0 Å². The topological polar surface area (TPSA) is 105 Å². The Hall–Kier alpha value is -0.990. The lowest BCUT2D eigenvalue weighted by Crippen LogP contribution is -2.58. The molecule has 29 heavy (non-hydrogen) atoms. The number of rotatable bonds is 5. The minimum atomic E-state index is -1.26. The van der Waals surface area contributed by atoms with Gasteiger partial charge in [0.15, 0.2) is 12.4 Å². The van der Waals surface area contributed by atoms with Crippen LogP contribution in [0.3, 0.4) is 0 Å². The van der Waals surface area contributed by atoms with Gasteiger partial charge in [0.2, 0.25) is 0 Å². The number of aliphatic hydroxyl groups excluding tert-OH is 3. The molecule has 6 atom stereocenters. The molecule has 3 aliphatic rings. The Morgan fingerprint density at radius 2 is 2.03 bits per heavy atom. The molecule has 0 aromatic rings. The number of hydrogen-bond donors (Lipinski definition) is 3. The number of carbonyl (C=O) groups excluding carboxylic acids is 1. The van der Waals surface area contributed by atoms with Gasteiger partial charge in [0.1, 0.15) is 12.2 Å². The van der Waals surface area contributed by atoms with Crippen LogP contribution in [-0.2, 0) is 19.0 Å². The van der Waals surface area contributed by atoms with Crippen LogP contribution in [0.2, 0.25) is 0 Å². The van der Waals surface area contributed by atoms with Crippen LogP contribution in [0.15, 0.2) is 11.1 Å². The normalized spacial score (nSPS) is 38.5. The van der Waals surface area contributed by atoms with Crippen LogP contribution in [0.5, 0.6) is 0 Å². The van der Waals surface area contributed by atoms with Gasteiger partial charge in [-0.25, -0.2) is 0 Å². The lowest BCUT2D eigenvalue weighted by Gasteiger charge is -2.49. The third-order valence-corrected chi connectivity index (χ3v) is 7.18. The van der Waals surface area contributed by atoms with Crippen molar-refractivity contribution >= 4 is 5.97 Å². The van der Waals surface area contributed by atoms with Crippen molar-refractivity contribution in [3.63, 3.8) is 0 Å². The quantitative estimate of drug-likeness (QED) is 0.469. The van der Waals surface area contributed by atoms with E-state index in [-0.39, 0.29) is 24.5 Å². The van der Waals surface area contributed by atoms with Crippen molar-refractivity contribution in [2.24, 2.45) is 11.3 Å². The molecule has 1 aliphatic heterocycles. The average molecular weight is 413 g/mol. The average Bonchev–Trinajstić information content (AvgIpc) is 2.65. The molecule has 7 heteroatoms. The van der Waals surface area contributed by atoms with E-state index in [4.69, 9.17) is 14.2 Å². The fraction of sp³-hybridized carbons (Fsp3) is 0.864. The molecule has 1 heterocycles. The molecule has 6 unspecified atom stereocenters. The molecule has 1 saturated heterocycles. The van der Waals surface area contributed by atoms with Crippen LogP contribution < -0.4 is 0 Å². The van der Waals surface area contributed by atoms with E-state index in [2.05, 4.69) is 6.92 Å². The molecule has 1 saturated carbocycles. The molecule has 3 N–H and O–H groups in total. The summed E-state index contributed by atoms with van der Waals surface area (Å²) in [6, 6.07) is 0. The van der Waals surface area contributed by atoms with E-state index in [1.54, 1.807) is 0 Å². The van der Waals surface area contributed by atoms with Gasteiger partial charge in [-0.1, -0.05) is 12.5 Å². The third kappa shape index (κ3) is 4.69. The predicted octanol–water partition coefficient (Wildman–Crippen LogP) is 2.07. The van der Waals surface area contributed by atoms with E-state index in [9.17, 15) is 20.1 Å². The van der Waals surface area contributed by atoms with Gasteiger partial charge in [-0.05, 0) is 69.3 Å². The maximum absolute atomic E-state index is 11.5. The van der Waals surface area contributed by atoms with E-state index in [0.717, 1.165) is 38.5 Å². The Balaban J connectivity index is 1.76. The maximum Gasteiger partial charge on any atom is 0.303 e. The number of esters is 1. The Morgan fingerprint density at radius 3 is 2.69 bits per heavy atom. The van der Waals surface area contributed by atoms with Crippen LogP contribution in [-0.4, -0.2) is 64.7 Å². The standard InChI is InChI=1S/C22H36O7/c1-13(24)28-19-18(26)17(25)12-27-20(19)29-21(2,3)15-7-9-22(4)8-5-6-14(11-23)16(22)10-15/h15,17-20,23,25-26H,5-12H2,1-4H3.